The Balaban J connectivity index is 1.49. The van der Waals surface area contributed by atoms with Gasteiger partial charge in [0.25, 0.3) is 0 Å². The molecule has 0 radical (unpaired) electrons. The number of hydrogen-bond donors (Lipinski definition) is 1. The molecule has 1 unspecified atom stereocenters. The molecule has 0 aliphatic carbocycles. The summed E-state index contributed by atoms with van der Waals surface area (Å²) in [6, 6.07) is 5.36. The number of aromatic nitrogens is 2. The molecule has 2 aliphatic heterocycles. The number of carbonyl (C=O) groups excluding carboxylic acids is 2. The normalized spacial score (nSPS) is 19.4. The second-order valence-electron chi connectivity index (χ2n) is 5.47. The van der Waals surface area contributed by atoms with Crippen molar-refractivity contribution in [2.24, 2.45) is 5.92 Å². The lowest BCUT2D eigenvalue weighted by Gasteiger charge is -2.22. The van der Waals surface area contributed by atoms with Crippen LogP contribution < -0.4 is 19.7 Å². The van der Waals surface area contributed by atoms with Crippen LogP contribution in [0.15, 0.2) is 24.5 Å². The maximum atomic E-state index is 12.3. The van der Waals surface area contributed by atoms with Crippen molar-refractivity contribution in [3.8, 4) is 11.5 Å². The van der Waals surface area contributed by atoms with E-state index in [4.69, 9.17) is 9.47 Å². The molecule has 24 heavy (non-hydrogen) atoms. The van der Waals surface area contributed by atoms with Crippen LogP contribution in [0.5, 0.6) is 11.5 Å². The topological polar surface area (TPSA) is 93.7 Å². The summed E-state index contributed by atoms with van der Waals surface area (Å²) in [5.41, 5.74) is 0.704. The number of nitrogens with zero attached hydrogens (tertiary/aromatic N) is 3. The Morgan fingerprint density at radius 1 is 1.29 bits per heavy atom. The highest BCUT2D eigenvalue weighted by molar-refractivity contribution is 7.09. The molecule has 1 aromatic heterocycles. The van der Waals surface area contributed by atoms with Gasteiger partial charge in [-0.2, -0.15) is 4.37 Å². The average Bonchev–Trinajstić information content (AvgIpc) is 3.24. The Labute approximate surface area is 141 Å². The van der Waals surface area contributed by atoms with Gasteiger partial charge >= 0.3 is 0 Å². The van der Waals surface area contributed by atoms with Gasteiger partial charge in [-0.1, -0.05) is 0 Å². The molecule has 0 spiro atoms. The van der Waals surface area contributed by atoms with Crippen LogP contribution in [0, 0.1) is 5.92 Å². The third-order valence-electron chi connectivity index (χ3n) is 3.92. The molecule has 8 nitrogen and oxygen atoms in total. The maximum absolute atomic E-state index is 12.3. The Morgan fingerprint density at radius 3 is 2.92 bits per heavy atom. The van der Waals surface area contributed by atoms with E-state index in [0.29, 0.717) is 42.1 Å². The molecule has 1 atom stereocenters. The molecule has 2 aliphatic rings. The van der Waals surface area contributed by atoms with Crippen LogP contribution in [0.3, 0.4) is 0 Å². The minimum Gasteiger partial charge on any atom is -0.486 e. The van der Waals surface area contributed by atoms with E-state index in [9.17, 15) is 9.59 Å². The van der Waals surface area contributed by atoms with Crippen molar-refractivity contribution in [2.75, 3.05) is 30.0 Å². The van der Waals surface area contributed by atoms with Crippen molar-refractivity contribution in [1.29, 1.82) is 0 Å². The summed E-state index contributed by atoms with van der Waals surface area (Å²) in [6.07, 6.45) is 1.54. The molecule has 2 amide bonds. The van der Waals surface area contributed by atoms with E-state index < -0.39 is 5.92 Å². The summed E-state index contributed by atoms with van der Waals surface area (Å²) >= 11 is 1.10. The Hall–Kier alpha value is -2.68. The molecule has 1 N–H and O–H groups in total. The summed E-state index contributed by atoms with van der Waals surface area (Å²) in [4.78, 5) is 30.1. The number of ether oxygens (including phenoxy) is 2. The van der Waals surface area contributed by atoms with Gasteiger partial charge in [-0.3, -0.25) is 9.59 Å². The zero-order valence-corrected chi connectivity index (χ0v) is 13.4. The van der Waals surface area contributed by atoms with Crippen molar-refractivity contribution in [3.63, 3.8) is 0 Å². The third-order valence-corrected chi connectivity index (χ3v) is 4.50. The second kappa shape index (κ2) is 6.08. The average molecular weight is 346 g/mol. The largest absolute Gasteiger partial charge is 0.486 e. The summed E-state index contributed by atoms with van der Waals surface area (Å²) in [6.45, 7) is 1.32. The first kappa shape index (κ1) is 14.9. The lowest BCUT2D eigenvalue weighted by atomic mass is 10.1. The van der Waals surface area contributed by atoms with E-state index >= 15 is 0 Å². The first-order valence-corrected chi connectivity index (χ1v) is 8.25. The van der Waals surface area contributed by atoms with Crippen LogP contribution in [0.1, 0.15) is 6.42 Å². The summed E-state index contributed by atoms with van der Waals surface area (Å²) in [7, 11) is 0. The summed E-state index contributed by atoms with van der Waals surface area (Å²) in [5, 5.41) is 3.12. The van der Waals surface area contributed by atoms with Crippen LogP contribution in [0.25, 0.3) is 0 Å². The van der Waals surface area contributed by atoms with Crippen molar-refractivity contribution in [3.05, 3.63) is 24.5 Å². The number of hydrogen-bond acceptors (Lipinski definition) is 7. The molecule has 1 saturated heterocycles. The van der Waals surface area contributed by atoms with Gasteiger partial charge in [0.2, 0.25) is 16.9 Å². The number of fused-ring (bicyclic) bond motifs is 1. The highest BCUT2D eigenvalue weighted by atomic mass is 32.1. The molecule has 9 heteroatoms. The second-order valence-corrected chi connectivity index (χ2v) is 6.25. The van der Waals surface area contributed by atoms with E-state index in [-0.39, 0.29) is 18.2 Å². The smallest absolute Gasteiger partial charge is 0.231 e. The fraction of sp³-hybridized carbons (Fsp3) is 0.333. The zero-order valence-electron chi connectivity index (χ0n) is 12.6. The fourth-order valence-electron chi connectivity index (χ4n) is 2.77. The van der Waals surface area contributed by atoms with E-state index in [1.165, 1.54) is 6.33 Å². The van der Waals surface area contributed by atoms with Crippen molar-refractivity contribution in [2.45, 2.75) is 6.42 Å². The third kappa shape index (κ3) is 2.78. The predicted octanol–water partition coefficient (Wildman–Crippen LogP) is 1.30. The van der Waals surface area contributed by atoms with Crippen molar-refractivity contribution >= 4 is 34.2 Å². The predicted molar refractivity (Wildman–Crippen MR) is 86.4 cm³/mol. The van der Waals surface area contributed by atoms with E-state index in [1.54, 1.807) is 23.1 Å². The number of anilines is 2. The van der Waals surface area contributed by atoms with Crippen molar-refractivity contribution < 1.29 is 19.1 Å². The minimum atomic E-state index is -0.422. The first-order chi connectivity index (χ1) is 11.7. The van der Waals surface area contributed by atoms with Gasteiger partial charge in [0, 0.05) is 36.3 Å². The number of rotatable bonds is 3. The van der Waals surface area contributed by atoms with Gasteiger partial charge < -0.3 is 19.7 Å². The molecule has 0 saturated carbocycles. The molecule has 1 aromatic carbocycles. The van der Waals surface area contributed by atoms with Crippen molar-refractivity contribution in [1.82, 2.24) is 9.36 Å². The van der Waals surface area contributed by atoms with Gasteiger partial charge in [0.1, 0.15) is 19.5 Å². The highest BCUT2D eigenvalue weighted by Crippen LogP contribution is 2.36. The quantitative estimate of drug-likeness (QED) is 0.900. The Bertz CT molecular complexity index is 780. The van der Waals surface area contributed by atoms with Crippen LogP contribution >= 0.6 is 11.5 Å². The fourth-order valence-corrected chi connectivity index (χ4v) is 3.20. The van der Waals surface area contributed by atoms with Crippen LogP contribution in [-0.4, -0.2) is 40.9 Å². The number of benzene rings is 1. The molecular weight excluding hydrogens is 332 g/mol. The van der Waals surface area contributed by atoms with Gasteiger partial charge in [-0.15, -0.1) is 0 Å². The lowest BCUT2D eigenvalue weighted by molar-refractivity contribution is -0.122. The number of nitrogens with one attached hydrogen (secondary N) is 1. The summed E-state index contributed by atoms with van der Waals surface area (Å²) < 4.78 is 14.9. The first-order valence-electron chi connectivity index (χ1n) is 7.48. The molecular formula is C15H14N4O4S. The van der Waals surface area contributed by atoms with Crippen LogP contribution in [0.2, 0.25) is 0 Å². The summed E-state index contributed by atoms with van der Waals surface area (Å²) in [5.74, 6) is 0.550. The molecule has 0 bridgehead atoms. The molecule has 124 valence electrons. The lowest BCUT2D eigenvalue weighted by Crippen LogP contribution is -2.28. The van der Waals surface area contributed by atoms with Crippen LogP contribution in [-0.2, 0) is 9.59 Å². The Kier molecular flexibility index (Phi) is 3.77. The number of carbonyl (C=O) groups is 2. The Morgan fingerprint density at radius 2 is 2.12 bits per heavy atom. The highest BCUT2D eigenvalue weighted by Gasteiger charge is 2.35. The van der Waals surface area contributed by atoms with Gasteiger partial charge in [0.15, 0.2) is 11.5 Å². The van der Waals surface area contributed by atoms with E-state index in [2.05, 4.69) is 14.7 Å². The van der Waals surface area contributed by atoms with E-state index in [0.717, 1.165) is 11.5 Å². The SMILES string of the molecule is O=C(Nc1ncns1)C1CC(=O)N(c2ccc3c(c2)OCCO3)C1. The van der Waals surface area contributed by atoms with Gasteiger partial charge in [-0.05, 0) is 12.1 Å². The maximum Gasteiger partial charge on any atom is 0.231 e. The molecule has 3 heterocycles. The molecule has 4 rings (SSSR count). The van der Waals surface area contributed by atoms with Crippen LogP contribution in [0.4, 0.5) is 10.8 Å². The standard InChI is InChI=1S/C15H14N4O4S/c20-13-5-9(14(21)18-15-16-8-17-24-15)7-19(13)10-1-2-11-12(6-10)23-4-3-22-11/h1-2,6,8-9H,3-5,7H2,(H,16,17,18,21). The molecule has 1 fully saturated rings. The van der Waals surface area contributed by atoms with Gasteiger partial charge in [-0.25, -0.2) is 4.98 Å². The monoisotopic (exact) mass is 346 g/mol. The van der Waals surface area contributed by atoms with Gasteiger partial charge in [0.05, 0.1) is 5.92 Å². The number of amides is 2. The molecule has 2 aromatic rings. The minimum absolute atomic E-state index is 0.0934. The zero-order chi connectivity index (χ0) is 16.5. The van der Waals surface area contributed by atoms with E-state index in [1.807, 2.05) is 0 Å².